The van der Waals surface area contributed by atoms with Crippen LogP contribution in [0.2, 0.25) is 0 Å². The molecule has 2 heterocycles. The van der Waals surface area contributed by atoms with Crippen molar-refractivity contribution in [1.82, 2.24) is 4.98 Å². The Labute approximate surface area is 133 Å². The van der Waals surface area contributed by atoms with Gasteiger partial charge in [0.05, 0.1) is 16.1 Å². The van der Waals surface area contributed by atoms with Gasteiger partial charge in [-0.1, -0.05) is 0 Å². The van der Waals surface area contributed by atoms with E-state index in [0.29, 0.717) is 21.7 Å². The lowest BCUT2D eigenvalue weighted by Crippen LogP contribution is -1.98. The molecule has 0 saturated carbocycles. The minimum Gasteiger partial charge on any atom is -0.481 e. The number of aryl methyl sites for hydroxylation is 2. The SMILES string of the molecule is Cc1cc(-c2[nH]c3c(F)cc(F)cc3c2CCC(=O)O)sc1F. The van der Waals surface area contributed by atoms with Crippen molar-refractivity contribution in [3.63, 3.8) is 0 Å². The van der Waals surface area contributed by atoms with Gasteiger partial charge in [0.1, 0.15) is 11.6 Å². The van der Waals surface area contributed by atoms with Gasteiger partial charge in [0.2, 0.25) is 0 Å². The third-order valence-corrected chi connectivity index (χ3v) is 4.67. The van der Waals surface area contributed by atoms with Crippen molar-refractivity contribution < 1.29 is 23.1 Å². The molecule has 3 nitrogen and oxygen atoms in total. The van der Waals surface area contributed by atoms with E-state index in [1.165, 1.54) is 0 Å². The number of carbonyl (C=O) groups is 1. The smallest absolute Gasteiger partial charge is 0.303 e. The lowest BCUT2D eigenvalue weighted by molar-refractivity contribution is -0.136. The molecule has 0 unspecified atom stereocenters. The molecule has 2 N–H and O–H groups in total. The van der Waals surface area contributed by atoms with Crippen LogP contribution in [0.5, 0.6) is 0 Å². The molecule has 0 aliphatic heterocycles. The highest BCUT2D eigenvalue weighted by molar-refractivity contribution is 7.14. The Morgan fingerprint density at radius 1 is 1.26 bits per heavy atom. The summed E-state index contributed by atoms with van der Waals surface area (Å²) in [6.07, 6.45) is -0.100. The second-order valence-electron chi connectivity index (χ2n) is 5.25. The number of halogens is 3. The average Bonchev–Trinajstić information content (AvgIpc) is 2.98. The molecule has 0 atom stereocenters. The maximum atomic E-state index is 14.0. The van der Waals surface area contributed by atoms with Crippen LogP contribution in [0.25, 0.3) is 21.5 Å². The summed E-state index contributed by atoms with van der Waals surface area (Å²) in [7, 11) is 0. The van der Waals surface area contributed by atoms with Crippen molar-refractivity contribution in [2.24, 2.45) is 0 Å². The average molecular weight is 339 g/mol. The number of H-pyrrole nitrogens is 1. The number of aromatic amines is 1. The highest BCUT2D eigenvalue weighted by Crippen LogP contribution is 2.37. The van der Waals surface area contributed by atoms with Crippen LogP contribution >= 0.6 is 11.3 Å². The van der Waals surface area contributed by atoms with E-state index in [0.717, 1.165) is 23.5 Å². The van der Waals surface area contributed by atoms with Crippen molar-refractivity contribution in [3.05, 3.63) is 46.1 Å². The molecule has 2 aromatic heterocycles. The zero-order valence-corrected chi connectivity index (χ0v) is 12.9. The van der Waals surface area contributed by atoms with Crippen LogP contribution in [0.1, 0.15) is 17.5 Å². The minimum absolute atomic E-state index is 0.0894. The van der Waals surface area contributed by atoms with Gasteiger partial charge < -0.3 is 10.1 Å². The molecule has 0 radical (unpaired) electrons. The van der Waals surface area contributed by atoms with E-state index in [1.807, 2.05) is 0 Å². The Balaban J connectivity index is 2.24. The summed E-state index contributed by atoms with van der Waals surface area (Å²) >= 11 is 0.880. The zero-order chi connectivity index (χ0) is 16.7. The summed E-state index contributed by atoms with van der Waals surface area (Å²) in [5.74, 6) is -2.53. The molecule has 0 fully saturated rings. The highest BCUT2D eigenvalue weighted by atomic mass is 32.1. The van der Waals surface area contributed by atoms with Gasteiger partial charge in [-0.25, -0.2) is 8.78 Å². The Bertz CT molecular complexity index is 894. The van der Waals surface area contributed by atoms with Gasteiger partial charge in [-0.15, -0.1) is 11.3 Å². The number of aliphatic carboxylic acids is 1. The number of hydrogen-bond acceptors (Lipinski definition) is 2. The van der Waals surface area contributed by atoms with Crippen LogP contribution in [0.3, 0.4) is 0 Å². The lowest BCUT2D eigenvalue weighted by atomic mass is 10.0. The van der Waals surface area contributed by atoms with Crippen LogP contribution in [-0.2, 0) is 11.2 Å². The van der Waals surface area contributed by atoms with Crippen molar-refractivity contribution in [1.29, 1.82) is 0 Å². The molecule has 1 aromatic carbocycles. The monoisotopic (exact) mass is 339 g/mol. The number of nitrogens with one attached hydrogen (secondary N) is 1. The predicted molar refractivity (Wildman–Crippen MR) is 82.2 cm³/mol. The molecule has 0 aliphatic rings. The van der Waals surface area contributed by atoms with Crippen LogP contribution in [0.4, 0.5) is 13.2 Å². The number of carboxylic acid groups (broad SMARTS) is 1. The van der Waals surface area contributed by atoms with E-state index in [2.05, 4.69) is 4.98 Å². The first-order valence-electron chi connectivity index (χ1n) is 6.84. The fourth-order valence-corrected chi connectivity index (χ4v) is 3.48. The summed E-state index contributed by atoms with van der Waals surface area (Å²) in [5.41, 5.74) is 1.44. The van der Waals surface area contributed by atoms with Gasteiger partial charge in [0.15, 0.2) is 5.13 Å². The lowest BCUT2D eigenvalue weighted by Gasteiger charge is -2.01. The van der Waals surface area contributed by atoms with E-state index in [-0.39, 0.29) is 28.9 Å². The normalized spacial score (nSPS) is 11.3. The topological polar surface area (TPSA) is 53.1 Å². The van der Waals surface area contributed by atoms with Crippen LogP contribution in [0, 0.1) is 23.7 Å². The number of carboxylic acids is 1. The summed E-state index contributed by atoms with van der Waals surface area (Å²) in [4.78, 5) is 14.2. The number of aromatic nitrogens is 1. The molecule has 7 heteroatoms. The largest absolute Gasteiger partial charge is 0.481 e. The van der Waals surface area contributed by atoms with E-state index in [1.54, 1.807) is 13.0 Å². The van der Waals surface area contributed by atoms with Crippen LogP contribution < -0.4 is 0 Å². The second kappa shape index (κ2) is 5.73. The molecule has 0 aliphatic carbocycles. The van der Waals surface area contributed by atoms with Gasteiger partial charge >= 0.3 is 5.97 Å². The van der Waals surface area contributed by atoms with Gasteiger partial charge in [-0.3, -0.25) is 4.79 Å². The molecule has 0 saturated heterocycles. The fraction of sp³-hybridized carbons (Fsp3) is 0.188. The maximum absolute atomic E-state index is 14.0. The molecule has 0 spiro atoms. The molecular weight excluding hydrogens is 327 g/mol. The van der Waals surface area contributed by atoms with Crippen LogP contribution in [0.15, 0.2) is 18.2 Å². The number of hydrogen-bond donors (Lipinski definition) is 2. The second-order valence-corrected chi connectivity index (χ2v) is 6.25. The summed E-state index contributed by atoms with van der Waals surface area (Å²) in [5, 5.41) is 8.80. The Morgan fingerprint density at radius 3 is 2.61 bits per heavy atom. The minimum atomic E-state index is -1.02. The van der Waals surface area contributed by atoms with Gasteiger partial charge in [0, 0.05) is 17.9 Å². The number of thiophene rings is 1. The van der Waals surface area contributed by atoms with E-state index < -0.39 is 17.6 Å². The van der Waals surface area contributed by atoms with Crippen molar-refractivity contribution in [3.8, 4) is 10.6 Å². The first-order chi connectivity index (χ1) is 10.9. The first-order valence-corrected chi connectivity index (χ1v) is 7.66. The number of rotatable bonds is 4. The molecule has 0 bridgehead atoms. The Hall–Kier alpha value is -2.28. The molecule has 3 aromatic rings. The molecule has 120 valence electrons. The Kier molecular flexibility index (Phi) is 3.89. The number of fused-ring (bicyclic) bond motifs is 1. The molecule has 0 amide bonds. The van der Waals surface area contributed by atoms with E-state index >= 15 is 0 Å². The fourth-order valence-electron chi connectivity index (χ4n) is 2.56. The van der Waals surface area contributed by atoms with Crippen LogP contribution in [-0.4, -0.2) is 16.1 Å². The van der Waals surface area contributed by atoms with Crippen molar-refractivity contribution in [2.75, 3.05) is 0 Å². The number of benzene rings is 1. The zero-order valence-electron chi connectivity index (χ0n) is 12.0. The molecular formula is C16H12F3NO2S. The highest BCUT2D eigenvalue weighted by Gasteiger charge is 2.19. The van der Waals surface area contributed by atoms with Gasteiger partial charge in [-0.05, 0) is 36.6 Å². The standard InChI is InChI=1S/C16H12F3NO2S/c1-7-4-12(23-16(7)19)15-9(2-3-13(21)22)10-5-8(17)6-11(18)14(10)20-15/h4-6,20H,2-3H2,1H3,(H,21,22). The van der Waals surface area contributed by atoms with Gasteiger partial charge in [0.25, 0.3) is 0 Å². The van der Waals surface area contributed by atoms with Crippen molar-refractivity contribution in [2.45, 2.75) is 19.8 Å². The summed E-state index contributed by atoms with van der Waals surface area (Å²) < 4.78 is 41.2. The van der Waals surface area contributed by atoms with E-state index in [4.69, 9.17) is 5.11 Å². The molecule has 3 rings (SSSR count). The molecule has 23 heavy (non-hydrogen) atoms. The first kappa shape index (κ1) is 15.6. The quantitative estimate of drug-likeness (QED) is 0.727. The summed E-state index contributed by atoms with van der Waals surface area (Å²) in [6, 6.07) is 3.51. The van der Waals surface area contributed by atoms with E-state index in [9.17, 15) is 18.0 Å². The Morgan fingerprint density at radius 2 is 2.00 bits per heavy atom. The third-order valence-electron chi connectivity index (χ3n) is 3.62. The van der Waals surface area contributed by atoms with Gasteiger partial charge in [-0.2, -0.15) is 4.39 Å². The predicted octanol–water partition coefficient (Wildman–Crippen LogP) is 4.64. The maximum Gasteiger partial charge on any atom is 0.303 e. The third kappa shape index (κ3) is 2.84. The summed E-state index contributed by atoms with van der Waals surface area (Å²) in [6.45, 7) is 1.61. The van der Waals surface area contributed by atoms with Crippen molar-refractivity contribution >= 4 is 28.2 Å².